The van der Waals surface area contributed by atoms with Gasteiger partial charge in [0.25, 0.3) is 5.91 Å². The van der Waals surface area contributed by atoms with Gasteiger partial charge in [0, 0.05) is 24.2 Å². The second kappa shape index (κ2) is 5.16. The van der Waals surface area contributed by atoms with Crippen LogP contribution in [-0.2, 0) is 6.54 Å². The fourth-order valence-corrected chi connectivity index (χ4v) is 2.20. The van der Waals surface area contributed by atoms with Crippen LogP contribution in [0.1, 0.15) is 28.9 Å². The van der Waals surface area contributed by atoms with Crippen LogP contribution in [-0.4, -0.2) is 27.0 Å². The van der Waals surface area contributed by atoms with E-state index in [9.17, 15) is 13.6 Å². The Morgan fingerprint density at radius 1 is 1.43 bits per heavy atom. The Morgan fingerprint density at radius 2 is 2.19 bits per heavy atom. The van der Waals surface area contributed by atoms with Crippen molar-refractivity contribution >= 4 is 11.6 Å². The van der Waals surface area contributed by atoms with E-state index in [1.807, 2.05) is 0 Å². The standard InChI is InChI=1S/C14H14F2N4O/c15-9-2-1-8(11(16)5-9)7-20(10-3-4-10)14(21)13-12(17)6-18-19-13/h1-2,5-6,10H,3-4,7,17H2,(H,18,19). The lowest BCUT2D eigenvalue weighted by Gasteiger charge is -2.22. The number of nitrogens with two attached hydrogens (primary N) is 1. The lowest BCUT2D eigenvalue weighted by Crippen LogP contribution is -2.33. The van der Waals surface area contributed by atoms with Crippen molar-refractivity contribution in [3.63, 3.8) is 0 Å². The summed E-state index contributed by atoms with van der Waals surface area (Å²) in [6.07, 6.45) is 3.09. The summed E-state index contributed by atoms with van der Waals surface area (Å²) in [6, 6.07) is 3.40. The second-order valence-electron chi connectivity index (χ2n) is 5.10. The normalized spacial score (nSPS) is 14.2. The minimum Gasteiger partial charge on any atom is -0.396 e. The number of hydrogen-bond donors (Lipinski definition) is 2. The molecule has 110 valence electrons. The van der Waals surface area contributed by atoms with Crippen molar-refractivity contribution < 1.29 is 13.6 Å². The highest BCUT2D eigenvalue weighted by atomic mass is 19.1. The second-order valence-corrected chi connectivity index (χ2v) is 5.10. The maximum Gasteiger partial charge on any atom is 0.274 e. The van der Waals surface area contributed by atoms with Crippen molar-refractivity contribution in [1.29, 1.82) is 0 Å². The molecule has 1 aromatic carbocycles. The first-order chi connectivity index (χ1) is 10.1. The number of hydrogen-bond acceptors (Lipinski definition) is 3. The van der Waals surface area contributed by atoms with Crippen molar-refractivity contribution in [3.05, 3.63) is 47.3 Å². The number of rotatable bonds is 4. The Morgan fingerprint density at radius 3 is 2.76 bits per heavy atom. The summed E-state index contributed by atoms with van der Waals surface area (Å²) < 4.78 is 26.7. The minimum atomic E-state index is -0.661. The largest absolute Gasteiger partial charge is 0.396 e. The summed E-state index contributed by atoms with van der Waals surface area (Å²) in [4.78, 5) is 14.0. The van der Waals surface area contributed by atoms with Crippen molar-refractivity contribution in [2.75, 3.05) is 5.73 Å². The SMILES string of the molecule is Nc1cn[nH]c1C(=O)N(Cc1ccc(F)cc1F)C1CC1. The van der Waals surface area contributed by atoms with Crippen LogP contribution >= 0.6 is 0 Å². The van der Waals surface area contributed by atoms with Gasteiger partial charge in [-0.25, -0.2) is 8.78 Å². The van der Waals surface area contributed by atoms with Gasteiger partial charge in [-0.15, -0.1) is 0 Å². The summed E-state index contributed by atoms with van der Waals surface area (Å²) in [5.74, 6) is -1.62. The summed E-state index contributed by atoms with van der Waals surface area (Å²) >= 11 is 0. The van der Waals surface area contributed by atoms with Crippen molar-refractivity contribution in [1.82, 2.24) is 15.1 Å². The molecular weight excluding hydrogens is 278 g/mol. The molecule has 1 saturated carbocycles. The fraction of sp³-hybridized carbons (Fsp3) is 0.286. The molecule has 7 heteroatoms. The molecule has 1 aliphatic rings. The lowest BCUT2D eigenvalue weighted by atomic mass is 10.2. The van der Waals surface area contributed by atoms with E-state index < -0.39 is 11.6 Å². The number of carbonyl (C=O) groups excluding carboxylic acids is 1. The highest BCUT2D eigenvalue weighted by Crippen LogP contribution is 2.30. The predicted molar refractivity (Wildman–Crippen MR) is 72.3 cm³/mol. The van der Waals surface area contributed by atoms with E-state index in [4.69, 9.17) is 5.73 Å². The molecule has 0 spiro atoms. The molecule has 3 rings (SSSR count). The number of nitrogens with zero attached hydrogens (tertiary/aromatic N) is 2. The Bertz CT molecular complexity index is 681. The molecule has 1 heterocycles. The zero-order valence-electron chi connectivity index (χ0n) is 11.1. The number of halogens is 2. The Labute approximate surface area is 119 Å². The first-order valence-corrected chi connectivity index (χ1v) is 6.60. The van der Waals surface area contributed by atoms with E-state index in [0.717, 1.165) is 18.9 Å². The van der Waals surface area contributed by atoms with Crippen LogP contribution < -0.4 is 5.73 Å². The molecule has 21 heavy (non-hydrogen) atoms. The van der Waals surface area contributed by atoms with Crippen LogP contribution in [0.3, 0.4) is 0 Å². The molecule has 2 aromatic rings. The zero-order valence-corrected chi connectivity index (χ0v) is 11.1. The van der Waals surface area contributed by atoms with E-state index >= 15 is 0 Å². The highest BCUT2D eigenvalue weighted by molar-refractivity contribution is 5.97. The van der Waals surface area contributed by atoms with E-state index in [-0.39, 0.29) is 35.4 Å². The maximum absolute atomic E-state index is 13.8. The van der Waals surface area contributed by atoms with Gasteiger partial charge in [-0.1, -0.05) is 6.07 Å². The maximum atomic E-state index is 13.8. The number of carbonyl (C=O) groups is 1. The zero-order chi connectivity index (χ0) is 15.0. The molecule has 1 aliphatic carbocycles. The number of nitrogen functional groups attached to an aromatic ring is 1. The first kappa shape index (κ1) is 13.5. The van der Waals surface area contributed by atoms with Gasteiger partial charge < -0.3 is 10.6 Å². The van der Waals surface area contributed by atoms with Gasteiger partial charge in [0.05, 0.1) is 11.9 Å². The smallest absolute Gasteiger partial charge is 0.274 e. The molecule has 0 atom stereocenters. The van der Waals surface area contributed by atoms with Crippen LogP contribution in [0.5, 0.6) is 0 Å². The van der Waals surface area contributed by atoms with Gasteiger partial charge in [0.2, 0.25) is 0 Å². The molecule has 0 aliphatic heterocycles. The Balaban J connectivity index is 1.85. The Hall–Kier alpha value is -2.44. The average molecular weight is 292 g/mol. The van der Waals surface area contributed by atoms with Crippen molar-refractivity contribution in [3.8, 4) is 0 Å². The van der Waals surface area contributed by atoms with Crippen LogP contribution in [0, 0.1) is 11.6 Å². The van der Waals surface area contributed by atoms with Gasteiger partial charge >= 0.3 is 0 Å². The summed E-state index contributed by atoms with van der Waals surface area (Å²) in [5, 5.41) is 6.28. The molecule has 1 fully saturated rings. The summed E-state index contributed by atoms with van der Waals surface area (Å²) in [5.41, 5.74) is 6.40. The topological polar surface area (TPSA) is 75.0 Å². The lowest BCUT2D eigenvalue weighted by molar-refractivity contribution is 0.0723. The van der Waals surface area contributed by atoms with Crippen molar-refractivity contribution in [2.24, 2.45) is 0 Å². The van der Waals surface area contributed by atoms with Crippen LogP contribution in [0.15, 0.2) is 24.4 Å². The number of anilines is 1. The molecule has 0 bridgehead atoms. The number of nitrogens with one attached hydrogen (secondary N) is 1. The van der Waals surface area contributed by atoms with Gasteiger partial charge in [-0.3, -0.25) is 9.89 Å². The van der Waals surface area contributed by atoms with Crippen LogP contribution in [0.4, 0.5) is 14.5 Å². The third-order valence-electron chi connectivity index (χ3n) is 3.49. The molecule has 1 amide bonds. The number of amides is 1. The minimum absolute atomic E-state index is 0.0599. The van der Waals surface area contributed by atoms with Gasteiger partial charge in [-0.2, -0.15) is 5.10 Å². The number of H-pyrrole nitrogens is 1. The third kappa shape index (κ3) is 2.72. The average Bonchev–Trinajstić information content (AvgIpc) is 3.19. The molecule has 0 saturated heterocycles. The molecular formula is C14H14F2N4O. The van der Waals surface area contributed by atoms with Gasteiger partial charge in [0.1, 0.15) is 17.3 Å². The van der Waals surface area contributed by atoms with E-state index in [2.05, 4.69) is 10.2 Å². The molecule has 3 N–H and O–H groups in total. The van der Waals surface area contributed by atoms with Crippen LogP contribution in [0.2, 0.25) is 0 Å². The number of aromatic amines is 1. The quantitative estimate of drug-likeness (QED) is 0.906. The van der Waals surface area contributed by atoms with E-state index in [0.29, 0.717) is 0 Å². The summed E-state index contributed by atoms with van der Waals surface area (Å²) in [6.45, 7) is 0.0775. The molecule has 0 unspecified atom stereocenters. The van der Waals surface area contributed by atoms with Gasteiger partial charge in [0.15, 0.2) is 0 Å². The molecule has 5 nitrogen and oxygen atoms in total. The molecule has 1 aromatic heterocycles. The third-order valence-corrected chi connectivity index (χ3v) is 3.49. The van der Waals surface area contributed by atoms with Crippen molar-refractivity contribution in [2.45, 2.75) is 25.4 Å². The van der Waals surface area contributed by atoms with Crippen LogP contribution in [0.25, 0.3) is 0 Å². The fourth-order valence-electron chi connectivity index (χ4n) is 2.20. The molecule has 0 radical (unpaired) electrons. The number of benzene rings is 1. The highest BCUT2D eigenvalue weighted by Gasteiger charge is 2.34. The Kier molecular flexibility index (Phi) is 3.32. The number of aromatic nitrogens is 2. The van der Waals surface area contributed by atoms with E-state index in [1.54, 1.807) is 4.90 Å². The monoisotopic (exact) mass is 292 g/mol. The predicted octanol–water partition coefficient (Wildman–Crippen LogP) is 2.07. The first-order valence-electron chi connectivity index (χ1n) is 6.60. The van der Waals surface area contributed by atoms with E-state index in [1.165, 1.54) is 18.3 Å². The van der Waals surface area contributed by atoms with Gasteiger partial charge in [-0.05, 0) is 18.9 Å². The summed E-state index contributed by atoms with van der Waals surface area (Å²) in [7, 11) is 0.